The minimum Gasteiger partial charge on any atom is -0.493 e. The van der Waals surface area contributed by atoms with Crippen molar-refractivity contribution >= 4 is 11.5 Å². The summed E-state index contributed by atoms with van der Waals surface area (Å²) in [6.07, 6.45) is 1.67. The maximum atomic E-state index is 6.12. The van der Waals surface area contributed by atoms with E-state index < -0.39 is 0 Å². The van der Waals surface area contributed by atoms with Gasteiger partial charge in [0.05, 0.1) is 25.0 Å². The highest BCUT2D eigenvalue weighted by molar-refractivity contribution is 7.03. The van der Waals surface area contributed by atoms with Gasteiger partial charge in [0.25, 0.3) is 0 Å². The molecule has 2 heterocycles. The van der Waals surface area contributed by atoms with E-state index in [0.29, 0.717) is 5.75 Å². The van der Waals surface area contributed by atoms with Crippen molar-refractivity contribution in [1.29, 1.82) is 0 Å². The smallest absolute Gasteiger partial charge is 0.161 e. The Bertz CT molecular complexity index is 431. The predicted octanol–water partition coefficient (Wildman–Crippen LogP) is 0.811. The number of rotatable bonds is 4. The van der Waals surface area contributed by atoms with E-state index in [2.05, 4.69) is 14.7 Å². The maximum Gasteiger partial charge on any atom is 0.161 e. The van der Waals surface area contributed by atoms with Crippen LogP contribution in [0.2, 0.25) is 0 Å². The minimum absolute atomic E-state index is 0.351. The maximum absolute atomic E-state index is 6.12. The fourth-order valence-electron chi connectivity index (χ4n) is 1.55. The molecule has 0 aromatic carbocycles. The Kier molecular flexibility index (Phi) is 3.16. The number of ether oxygens (including phenoxy) is 1. The summed E-state index contributed by atoms with van der Waals surface area (Å²) in [5.41, 5.74) is 7.69. The second-order valence-corrected chi connectivity index (χ2v) is 3.83. The lowest BCUT2D eigenvalue weighted by Gasteiger charge is -2.12. The average Bonchev–Trinajstić information content (AvgIpc) is 2.96. The van der Waals surface area contributed by atoms with Crippen molar-refractivity contribution in [3.05, 3.63) is 23.0 Å². The predicted molar refractivity (Wildman–Crippen MR) is 60.4 cm³/mol. The largest absolute Gasteiger partial charge is 0.493 e. The van der Waals surface area contributed by atoms with Gasteiger partial charge in [-0.3, -0.25) is 4.68 Å². The molecule has 1 atom stereocenters. The molecule has 0 spiro atoms. The van der Waals surface area contributed by atoms with Crippen LogP contribution in [0.15, 0.2) is 11.6 Å². The molecule has 7 heteroatoms. The van der Waals surface area contributed by atoms with Crippen molar-refractivity contribution in [2.75, 3.05) is 7.11 Å². The van der Waals surface area contributed by atoms with Gasteiger partial charge in [-0.05, 0) is 18.5 Å². The second-order valence-electron chi connectivity index (χ2n) is 3.22. The number of hydrogen-bond donors (Lipinski definition) is 1. The quantitative estimate of drug-likeness (QED) is 0.854. The molecule has 0 fully saturated rings. The highest BCUT2D eigenvalue weighted by Crippen LogP contribution is 2.27. The molecule has 2 aromatic heterocycles. The van der Waals surface area contributed by atoms with Gasteiger partial charge in [-0.25, -0.2) is 0 Å². The summed E-state index contributed by atoms with van der Waals surface area (Å²) in [6, 6.07) is -0.351. The van der Waals surface area contributed by atoms with Crippen LogP contribution in [0, 0.1) is 0 Å². The molecular formula is C9H13N5OS. The summed E-state index contributed by atoms with van der Waals surface area (Å²) in [4.78, 5) is 0. The van der Waals surface area contributed by atoms with E-state index in [0.717, 1.165) is 17.9 Å². The van der Waals surface area contributed by atoms with E-state index in [1.165, 1.54) is 11.5 Å². The Labute approximate surface area is 97.2 Å². The van der Waals surface area contributed by atoms with Gasteiger partial charge in [-0.15, -0.1) is 5.10 Å². The van der Waals surface area contributed by atoms with Crippen molar-refractivity contribution in [1.82, 2.24) is 19.4 Å². The van der Waals surface area contributed by atoms with Crippen LogP contribution in [0.5, 0.6) is 5.75 Å². The van der Waals surface area contributed by atoms with Crippen LogP contribution in [0.4, 0.5) is 0 Å². The summed E-state index contributed by atoms with van der Waals surface area (Å²) in [5, 5.41) is 10.0. The topological polar surface area (TPSA) is 78.9 Å². The van der Waals surface area contributed by atoms with E-state index in [9.17, 15) is 0 Å². The molecule has 1 unspecified atom stereocenters. The summed E-state index contributed by atoms with van der Waals surface area (Å²) in [7, 11) is 1.60. The second kappa shape index (κ2) is 4.58. The third-order valence-corrected chi connectivity index (χ3v) is 2.88. The molecule has 16 heavy (non-hydrogen) atoms. The van der Waals surface area contributed by atoms with Gasteiger partial charge in [0, 0.05) is 11.9 Å². The molecule has 0 radical (unpaired) electrons. The Morgan fingerprint density at radius 3 is 3.00 bits per heavy atom. The molecule has 0 aliphatic carbocycles. The van der Waals surface area contributed by atoms with Crippen molar-refractivity contribution in [2.45, 2.75) is 19.5 Å². The zero-order valence-corrected chi connectivity index (χ0v) is 9.94. The van der Waals surface area contributed by atoms with Crippen LogP contribution in [-0.4, -0.2) is 26.5 Å². The highest BCUT2D eigenvalue weighted by atomic mass is 32.1. The number of nitrogens with zero attached hydrogens (tertiary/aromatic N) is 4. The van der Waals surface area contributed by atoms with Crippen LogP contribution in [0.1, 0.15) is 24.4 Å². The third-order valence-electron chi connectivity index (χ3n) is 2.35. The first-order chi connectivity index (χ1) is 7.77. The van der Waals surface area contributed by atoms with Gasteiger partial charge >= 0.3 is 0 Å². The number of aryl methyl sites for hydroxylation is 1. The number of nitrogens with two attached hydrogens (primary N) is 1. The Morgan fingerprint density at radius 1 is 1.62 bits per heavy atom. The molecule has 0 bridgehead atoms. The summed E-state index contributed by atoms with van der Waals surface area (Å²) in [6.45, 7) is 2.74. The molecule has 86 valence electrons. The fourth-order valence-corrected chi connectivity index (χ4v) is 2.04. The molecule has 0 saturated heterocycles. The molecule has 0 saturated carbocycles. The van der Waals surface area contributed by atoms with E-state index in [1.54, 1.807) is 13.3 Å². The van der Waals surface area contributed by atoms with E-state index in [4.69, 9.17) is 10.5 Å². The zero-order chi connectivity index (χ0) is 11.5. The molecule has 2 aromatic rings. The zero-order valence-electron chi connectivity index (χ0n) is 9.12. The lowest BCUT2D eigenvalue weighted by atomic mass is 10.1. The average molecular weight is 239 g/mol. The van der Waals surface area contributed by atoms with Gasteiger partial charge in [0.1, 0.15) is 5.69 Å². The lowest BCUT2D eigenvalue weighted by molar-refractivity contribution is 0.404. The monoisotopic (exact) mass is 239 g/mol. The first-order valence-corrected chi connectivity index (χ1v) is 5.73. The lowest BCUT2D eigenvalue weighted by Crippen LogP contribution is -2.18. The fraction of sp³-hybridized carbons (Fsp3) is 0.444. The van der Waals surface area contributed by atoms with Crippen molar-refractivity contribution in [3.8, 4) is 5.75 Å². The summed E-state index contributed by atoms with van der Waals surface area (Å²) in [5.74, 6) is 0.683. The van der Waals surface area contributed by atoms with Gasteiger partial charge < -0.3 is 10.5 Å². The van der Waals surface area contributed by atoms with Gasteiger partial charge in [0.2, 0.25) is 0 Å². The number of aromatic nitrogens is 4. The summed E-state index contributed by atoms with van der Waals surface area (Å²) < 4.78 is 10.9. The van der Waals surface area contributed by atoms with Gasteiger partial charge in [-0.1, -0.05) is 4.49 Å². The first kappa shape index (κ1) is 11.0. The van der Waals surface area contributed by atoms with Gasteiger partial charge in [0.15, 0.2) is 5.75 Å². The van der Waals surface area contributed by atoms with E-state index in [-0.39, 0.29) is 6.04 Å². The minimum atomic E-state index is -0.351. The molecule has 0 aliphatic rings. The summed E-state index contributed by atoms with van der Waals surface area (Å²) >= 11 is 1.28. The van der Waals surface area contributed by atoms with Crippen molar-refractivity contribution < 1.29 is 4.74 Å². The third kappa shape index (κ3) is 1.79. The Balaban J connectivity index is 2.41. The van der Waals surface area contributed by atoms with Crippen molar-refractivity contribution in [3.63, 3.8) is 0 Å². The SMILES string of the molecule is CCn1ncc(OC)c1C(N)c1csnn1. The van der Waals surface area contributed by atoms with Crippen LogP contribution >= 0.6 is 11.5 Å². The Morgan fingerprint density at radius 2 is 2.44 bits per heavy atom. The number of hydrogen-bond acceptors (Lipinski definition) is 6. The molecule has 6 nitrogen and oxygen atoms in total. The van der Waals surface area contributed by atoms with Crippen LogP contribution in [0.3, 0.4) is 0 Å². The van der Waals surface area contributed by atoms with Crippen LogP contribution in [0.25, 0.3) is 0 Å². The normalized spacial score (nSPS) is 12.7. The molecular weight excluding hydrogens is 226 g/mol. The van der Waals surface area contributed by atoms with Crippen LogP contribution in [-0.2, 0) is 6.54 Å². The standard InChI is InChI=1S/C9H13N5OS/c1-3-14-9(7(15-2)4-11-14)8(10)6-5-16-13-12-6/h4-5,8H,3,10H2,1-2H3. The van der Waals surface area contributed by atoms with E-state index >= 15 is 0 Å². The van der Waals surface area contributed by atoms with Crippen molar-refractivity contribution in [2.24, 2.45) is 5.73 Å². The number of methoxy groups -OCH3 is 1. The highest BCUT2D eigenvalue weighted by Gasteiger charge is 2.21. The molecule has 0 aliphatic heterocycles. The molecule has 2 N–H and O–H groups in total. The van der Waals surface area contributed by atoms with Gasteiger partial charge in [-0.2, -0.15) is 5.10 Å². The molecule has 0 amide bonds. The Hall–Kier alpha value is -1.47. The molecule has 2 rings (SSSR count). The van der Waals surface area contributed by atoms with E-state index in [1.807, 2.05) is 17.0 Å². The first-order valence-electron chi connectivity index (χ1n) is 4.90. The van der Waals surface area contributed by atoms with Crippen LogP contribution < -0.4 is 10.5 Å².